The Morgan fingerprint density at radius 2 is 1.81 bits per heavy atom. The molecule has 0 atom stereocenters. The zero-order chi connectivity index (χ0) is 18.6. The summed E-state index contributed by atoms with van der Waals surface area (Å²) in [4.78, 5) is 23.5. The van der Waals surface area contributed by atoms with Gasteiger partial charge in [0, 0.05) is 54.4 Å². The molecule has 142 valence electrons. The van der Waals surface area contributed by atoms with Crippen LogP contribution >= 0.6 is 11.8 Å². The predicted octanol–water partition coefficient (Wildman–Crippen LogP) is 4.07. The fourth-order valence-corrected chi connectivity index (χ4v) is 4.51. The molecule has 0 N–H and O–H groups in total. The first-order valence-electron chi connectivity index (χ1n) is 9.61. The third-order valence-electron chi connectivity index (χ3n) is 5.42. The van der Waals surface area contributed by atoms with E-state index < -0.39 is 0 Å². The summed E-state index contributed by atoms with van der Waals surface area (Å²) in [6.07, 6.45) is 8.37. The van der Waals surface area contributed by atoms with Crippen LogP contribution in [0.25, 0.3) is 0 Å². The van der Waals surface area contributed by atoms with E-state index in [9.17, 15) is 9.18 Å². The first-order valence-corrected chi connectivity index (χ1v) is 10.4. The molecular weight excluding hydrogens is 361 g/mol. The molecule has 0 radical (unpaired) electrons. The van der Waals surface area contributed by atoms with Crippen LogP contribution in [0, 0.1) is 5.82 Å². The summed E-state index contributed by atoms with van der Waals surface area (Å²) < 4.78 is 13.1. The highest BCUT2D eigenvalue weighted by Gasteiger charge is 2.28. The van der Waals surface area contributed by atoms with Crippen molar-refractivity contribution in [2.45, 2.75) is 41.5 Å². The Morgan fingerprint density at radius 1 is 1.00 bits per heavy atom. The maximum atomic E-state index is 13.1. The quantitative estimate of drug-likeness (QED) is 0.795. The maximum Gasteiger partial charge on any atom is 0.255 e. The van der Waals surface area contributed by atoms with Gasteiger partial charge in [0.25, 0.3) is 5.91 Å². The molecule has 1 aromatic heterocycles. The lowest BCUT2D eigenvalue weighted by Crippen LogP contribution is -2.42. The van der Waals surface area contributed by atoms with Gasteiger partial charge in [-0.1, -0.05) is 18.2 Å². The summed E-state index contributed by atoms with van der Waals surface area (Å²) in [7, 11) is 0. The zero-order valence-electron chi connectivity index (χ0n) is 15.3. The second-order valence-electron chi connectivity index (χ2n) is 7.23. The van der Waals surface area contributed by atoms with Gasteiger partial charge in [-0.15, -0.1) is 0 Å². The number of hydrogen-bond acceptors (Lipinski definition) is 4. The van der Waals surface area contributed by atoms with Crippen LogP contribution in [-0.4, -0.2) is 52.9 Å². The van der Waals surface area contributed by atoms with Crippen molar-refractivity contribution in [3.63, 3.8) is 0 Å². The van der Waals surface area contributed by atoms with Crippen LogP contribution in [0.1, 0.15) is 36.0 Å². The number of pyridine rings is 1. The molecule has 2 fully saturated rings. The van der Waals surface area contributed by atoms with Crippen LogP contribution in [0.2, 0.25) is 0 Å². The minimum atomic E-state index is -0.251. The molecule has 0 bridgehead atoms. The molecule has 1 amide bonds. The second kappa shape index (κ2) is 8.40. The molecule has 1 aromatic carbocycles. The van der Waals surface area contributed by atoms with E-state index in [0.717, 1.165) is 48.4 Å². The minimum absolute atomic E-state index is 0.0551. The number of aromatic nitrogens is 1. The van der Waals surface area contributed by atoms with Crippen molar-refractivity contribution >= 4 is 17.7 Å². The van der Waals surface area contributed by atoms with Gasteiger partial charge in [-0.05, 0) is 49.6 Å². The molecule has 4 rings (SSSR count). The average molecular weight is 386 g/mol. The lowest BCUT2D eigenvalue weighted by atomic mass is 9.91. The monoisotopic (exact) mass is 385 g/mol. The third kappa shape index (κ3) is 4.50. The van der Waals surface area contributed by atoms with Gasteiger partial charge < -0.3 is 4.90 Å². The van der Waals surface area contributed by atoms with Crippen LogP contribution in [0.3, 0.4) is 0 Å². The van der Waals surface area contributed by atoms with Gasteiger partial charge in [0.2, 0.25) is 0 Å². The van der Waals surface area contributed by atoms with Gasteiger partial charge >= 0.3 is 0 Å². The minimum Gasteiger partial charge on any atom is -0.337 e. The summed E-state index contributed by atoms with van der Waals surface area (Å²) in [5.74, 6) is -0.196. The smallest absolute Gasteiger partial charge is 0.255 e. The largest absolute Gasteiger partial charge is 0.337 e. The van der Waals surface area contributed by atoms with Crippen molar-refractivity contribution in [3.8, 4) is 0 Å². The summed E-state index contributed by atoms with van der Waals surface area (Å²) >= 11 is 1.49. The molecule has 0 unspecified atom stereocenters. The summed E-state index contributed by atoms with van der Waals surface area (Å²) in [6.45, 7) is 3.64. The fourth-order valence-electron chi connectivity index (χ4n) is 3.67. The molecule has 1 aliphatic heterocycles. The van der Waals surface area contributed by atoms with Gasteiger partial charge in [-0.3, -0.25) is 14.7 Å². The van der Waals surface area contributed by atoms with E-state index >= 15 is 0 Å². The number of rotatable bonds is 4. The van der Waals surface area contributed by atoms with Crippen LogP contribution in [0.15, 0.2) is 52.5 Å². The molecule has 1 aliphatic carbocycles. The van der Waals surface area contributed by atoms with E-state index in [1.807, 2.05) is 11.0 Å². The van der Waals surface area contributed by atoms with Crippen molar-refractivity contribution < 1.29 is 9.18 Å². The molecular formula is C21H24FN3OS. The van der Waals surface area contributed by atoms with Crippen LogP contribution in [0.4, 0.5) is 4.39 Å². The number of benzene rings is 1. The Balaban J connectivity index is 1.41. The number of hydrogen-bond donors (Lipinski definition) is 0. The Kier molecular flexibility index (Phi) is 5.74. The lowest BCUT2D eigenvalue weighted by Gasteiger charge is -2.36. The SMILES string of the molecule is O=C(c1cncc(Sc2ccc(F)cc2)c1)N1CCCN(C2CCC2)CC1. The van der Waals surface area contributed by atoms with E-state index in [-0.39, 0.29) is 11.7 Å². The van der Waals surface area contributed by atoms with Crippen LogP contribution in [0.5, 0.6) is 0 Å². The highest BCUT2D eigenvalue weighted by Crippen LogP contribution is 2.28. The first-order chi connectivity index (χ1) is 13.2. The summed E-state index contributed by atoms with van der Waals surface area (Å²) in [5, 5.41) is 0. The van der Waals surface area contributed by atoms with Gasteiger partial charge in [-0.25, -0.2) is 4.39 Å². The molecule has 0 spiro atoms. The average Bonchev–Trinajstić information content (AvgIpc) is 2.88. The van der Waals surface area contributed by atoms with Crippen LogP contribution in [-0.2, 0) is 0 Å². The van der Waals surface area contributed by atoms with E-state index in [4.69, 9.17) is 0 Å². The van der Waals surface area contributed by atoms with Crippen molar-refractivity contribution in [1.82, 2.24) is 14.8 Å². The third-order valence-corrected chi connectivity index (χ3v) is 6.39. The molecule has 27 heavy (non-hydrogen) atoms. The first kappa shape index (κ1) is 18.4. The normalized spacial score (nSPS) is 18.8. The van der Waals surface area contributed by atoms with Gasteiger partial charge in [0.15, 0.2) is 0 Å². The van der Waals surface area contributed by atoms with Crippen LogP contribution < -0.4 is 0 Å². The van der Waals surface area contributed by atoms with E-state index in [1.54, 1.807) is 24.5 Å². The molecule has 2 aliphatic rings. The predicted molar refractivity (Wildman–Crippen MR) is 104 cm³/mol. The number of amides is 1. The number of halogens is 1. The number of nitrogens with zero attached hydrogens (tertiary/aromatic N) is 3. The Bertz CT molecular complexity index is 794. The zero-order valence-corrected chi connectivity index (χ0v) is 16.1. The fraction of sp³-hybridized carbons (Fsp3) is 0.429. The maximum absolute atomic E-state index is 13.1. The highest BCUT2D eigenvalue weighted by atomic mass is 32.2. The Labute approximate surface area is 163 Å². The molecule has 1 saturated carbocycles. The van der Waals surface area contributed by atoms with E-state index in [0.29, 0.717) is 5.56 Å². The Hall–Kier alpha value is -1.92. The molecule has 2 heterocycles. The topological polar surface area (TPSA) is 36.4 Å². The molecule has 1 saturated heterocycles. The highest BCUT2D eigenvalue weighted by molar-refractivity contribution is 7.99. The number of carbonyl (C=O) groups excluding carboxylic acids is 1. The van der Waals surface area contributed by atoms with E-state index in [2.05, 4.69) is 9.88 Å². The number of carbonyl (C=O) groups is 1. The Morgan fingerprint density at radius 3 is 2.56 bits per heavy atom. The van der Waals surface area contributed by atoms with Gasteiger partial charge in [0.1, 0.15) is 5.82 Å². The van der Waals surface area contributed by atoms with Gasteiger partial charge in [0.05, 0.1) is 5.56 Å². The molecule has 2 aromatic rings. The van der Waals surface area contributed by atoms with Crippen molar-refractivity contribution in [2.75, 3.05) is 26.2 Å². The van der Waals surface area contributed by atoms with E-state index in [1.165, 1.54) is 43.2 Å². The van der Waals surface area contributed by atoms with Crippen molar-refractivity contribution in [3.05, 3.63) is 54.1 Å². The second-order valence-corrected chi connectivity index (χ2v) is 8.38. The standard InChI is InChI=1S/C21H24FN3OS/c22-17-5-7-19(8-6-17)27-20-13-16(14-23-15-20)21(26)25-10-2-9-24(11-12-25)18-3-1-4-18/h5-8,13-15,18H,1-4,9-12H2. The summed E-state index contributed by atoms with van der Waals surface area (Å²) in [5.41, 5.74) is 0.624. The lowest BCUT2D eigenvalue weighted by molar-refractivity contribution is 0.0749. The van der Waals surface area contributed by atoms with Crippen molar-refractivity contribution in [1.29, 1.82) is 0 Å². The summed E-state index contributed by atoms with van der Waals surface area (Å²) in [6, 6.07) is 8.97. The molecule has 6 heteroatoms. The van der Waals surface area contributed by atoms with Gasteiger partial charge in [-0.2, -0.15) is 0 Å². The van der Waals surface area contributed by atoms with Crippen molar-refractivity contribution in [2.24, 2.45) is 0 Å². The molecule has 4 nitrogen and oxygen atoms in total.